The molecule has 178 valence electrons. The van der Waals surface area contributed by atoms with E-state index >= 15 is 0 Å². The highest BCUT2D eigenvalue weighted by atomic mass is 35.5. The maximum Gasteiger partial charge on any atom is 0.307 e. The number of allylic oxidation sites excluding steroid dienone is 4. The molecule has 6 heteroatoms. The fraction of sp³-hybridized carbons (Fsp3) is 0.286. The molecule has 2 N–H and O–H groups in total. The van der Waals surface area contributed by atoms with Gasteiger partial charge in [-0.3, -0.25) is 4.79 Å². The summed E-state index contributed by atoms with van der Waals surface area (Å²) in [6.07, 6.45) is 10.2. The Labute approximate surface area is 206 Å². The van der Waals surface area contributed by atoms with Gasteiger partial charge in [-0.15, -0.1) is 0 Å². The number of rotatable bonds is 4. The number of ether oxygens (including phenoxy) is 1. The second-order valence-corrected chi connectivity index (χ2v) is 7.75. The molecule has 1 aliphatic rings. The van der Waals surface area contributed by atoms with Crippen LogP contribution in [0.3, 0.4) is 0 Å². The lowest BCUT2D eigenvalue weighted by atomic mass is 10.0. The van der Waals surface area contributed by atoms with Crippen LogP contribution in [0.1, 0.15) is 51.7 Å². The van der Waals surface area contributed by atoms with Crippen LogP contribution in [0.15, 0.2) is 60.7 Å². The van der Waals surface area contributed by atoms with Crippen molar-refractivity contribution < 1.29 is 14.6 Å². The Morgan fingerprint density at radius 1 is 1.24 bits per heavy atom. The molecule has 2 aromatic carbocycles. The van der Waals surface area contributed by atoms with Crippen LogP contribution in [-0.2, 0) is 11.2 Å². The van der Waals surface area contributed by atoms with Gasteiger partial charge < -0.3 is 14.8 Å². The second kappa shape index (κ2) is 13.9. The first-order valence-electron chi connectivity index (χ1n) is 11.5. The number of carboxylic acid groups (broad SMARTS) is 1. The fourth-order valence-corrected chi connectivity index (χ4v) is 3.22. The highest BCUT2D eigenvalue weighted by Gasteiger charge is 2.10. The first-order chi connectivity index (χ1) is 16.5. The first kappa shape index (κ1) is 26.8. The number of halogens is 1. The minimum atomic E-state index is -0.895. The van der Waals surface area contributed by atoms with Crippen molar-refractivity contribution in [3.8, 4) is 23.6 Å². The Morgan fingerprint density at radius 3 is 2.68 bits per heavy atom. The summed E-state index contributed by atoms with van der Waals surface area (Å²) in [5, 5.41) is 9.46. The summed E-state index contributed by atoms with van der Waals surface area (Å²) < 4.78 is 5.77. The third-order valence-electron chi connectivity index (χ3n) is 4.39. The van der Waals surface area contributed by atoms with Crippen molar-refractivity contribution in [1.82, 2.24) is 9.97 Å². The van der Waals surface area contributed by atoms with Crippen LogP contribution < -0.4 is 4.74 Å². The summed E-state index contributed by atoms with van der Waals surface area (Å²) >= 11 is 6.37. The van der Waals surface area contributed by atoms with E-state index in [0.29, 0.717) is 27.9 Å². The third-order valence-corrected chi connectivity index (χ3v) is 4.70. The number of nitrogens with one attached hydrogen (secondary N) is 1. The van der Waals surface area contributed by atoms with Crippen LogP contribution in [0.4, 0.5) is 0 Å². The number of hydrogen-bond donors (Lipinski definition) is 2. The summed E-state index contributed by atoms with van der Waals surface area (Å²) in [7, 11) is 0. The number of benzene rings is 2. The number of aromatic amines is 1. The molecule has 0 spiro atoms. The molecule has 0 bridgehead atoms. The van der Waals surface area contributed by atoms with Crippen molar-refractivity contribution in [3.05, 3.63) is 76.9 Å². The average molecular weight is 479 g/mol. The Balaban J connectivity index is 0.000000758. The number of aliphatic carboxylic acids is 1. The van der Waals surface area contributed by atoms with E-state index < -0.39 is 5.97 Å². The lowest BCUT2D eigenvalue weighted by molar-refractivity contribution is -0.136. The summed E-state index contributed by atoms with van der Waals surface area (Å²) in [5.41, 5.74) is 2.80. The second-order valence-electron chi connectivity index (χ2n) is 7.34. The van der Waals surface area contributed by atoms with E-state index in [1.165, 1.54) is 6.42 Å². The summed E-state index contributed by atoms with van der Waals surface area (Å²) in [5.74, 6) is 6.17. The van der Waals surface area contributed by atoms with Gasteiger partial charge in [0.25, 0.3) is 6.01 Å². The molecule has 0 radical (unpaired) electrons. The van der Waals surface area contributed by atoms with Crippen molar-refractivity contribution >= 4 is 28.6 Å². The summed E-state index contributed by atoms with van der Waals surface area (Å²) in [4.78, 5) is 18.4. The van der Waals surface area contributed by atoms with Gasteiger partial charge in [0.2, 0.25) is 0 Å². The van der Waals surface area contributed by atoms with Crippen LogP contribution in [0.25, 0.3) is 11.0 Å². The SMILES string of the molecule is CC.CCC.O=C(O)Cc1cccc(Oc2nc3cc(Cl)c(C#CC4C=CC=CC4)cc3[nH]2)c1. The number of fused-ring (bicyclic) bond motifs is 1. The molecule has 0 amide bonds. The molecule has 3 aromatic rings. The predicted octanol–water partition coefficient (Wildman–Crippen LogP) is 7.56. The molecule has 0 aliphatic heterocycles. The number of carbonyl (C=O) groups is 1. The molecule has 0 saturated carbocycles. The molecule has 5 nitrogen and oxygen atoms in total. The number of carboxylic acids is 1. The van der Waals surface area contributed by atoms with Crippen LogP contribution in [0, 0.1) is 17.8 Å². The number of hydrogen-bond acceptors (Lipinski definition) is 3. The largest absolute Gasteiger partial charge is 0.481 e. The number of H-pyrrole nitrogens is 1. The third kappa shape index (κ3) is 8.13. The Hall–Kier alpha value is -3.49. The number of aromatic nitrogens is 2. The van der Waals surface area contributed by atoms with Crippen molar-refractivity contribution in [2.45, 2.75) is 47.0 Å². The van der Waals surface area contributed by atoms with Gasteiger partial charge in [-0.05, 0) is 36.2 Å². The number of imidazole rings is 1. The standard InChI is InChI=1S/C23H17ClN2O3.C3H8.C2H6/c24-19-14-21-20(13-17(19)10-9-15-5-2-1-3-6-15)25-23(26-21)29-18-8-4-7-16(11-18)12-22(27)28;1-3-2;1-2/h1-5,7-8,11,13-15H,6,12H2,(H,25,26)(H,27,28);3H2,1-2H3;1-2H3. The molecule has 0 fully saturated rings. The number of nitrogens with zero attached hydrogens (tertiary/aromatic N) is 1. The molecule has 1 aromatic heterocycles. The van der Waals surface area contributed by atoms with Gasteiger partial charge in [-0.1, -0.05) is 94.0 Å². The molecule has 1 atom stereocenters. The van der Waals surface area contributed by atoms with Gasteiger partial charge >= 0.3 is 5.97 Å². The van der Waals surface area contributed by atoms with Crippen molar-refractivity contribution in [2.75, 3.05) is 0 Å². The molecule has 1 aliphatic carbocycles. The van der Waals surface area contributed by atoms with Crippen molar-refractivity contribution in [3.63, 3.8) is 0 Å². The molecule has 34 heavy (non-hydrogen) atoms. The van der Waals surface area contributed by atoms with E-state index in [-0.39, 0.29) is 12.3 Å². The fourth-order valence-electron chi connectivity index (χ4n) is 3.02. The van der Waals surface area contributed by atoms with Crippen LogP contribution >= 0.6 is 11.6 Å². The quantitative estimate of drug-likeness (QED) is 0.379. The average Bonchev–Trinajstić information content (AvgIpc) is 3.20. The van der Waals surface area contributed by atoms with Gasteiger partial charge in [-0.25, -0.2) is 0 Å². The molecule has 1 heterocycles. The van der Waals surface area contributed by atoms with Crippen LogP contribution in [0.2, 0.25) is 5.02 Å². The minimum absolute atomic E-state index is 0.0685. The van der Waals surface area contributed by atoms with Gasteiger partial charge in [0, 0.05) is 11.5 Å². The van der Waals surface area contributed by atoms with Gasteiger partial charge in [-0.2, -0.15) is 4.98 Å². The van der Waals surface area contributed by atoms with Crippen LogP contribution in [0.5, 0.6) is 11.8 Å². The first-order valence-corrected chi connectivity index (χ1v) is 11.9. The highest BCUT2D eigenvalue weighted by Crippen LogP contribution is 2.27. The Bertz CT molecular complexity index is 1220. The van der Waals surface area contributed by atoms with E-state index in [0.717, 1.165) is 17.5 Å². The van der Waals surface area contributed by atoms with Gasteiger partial charge in [0.15, 0.2) is 0 Å². The maximum absolute atomic E-state index is 10.9. The molecular weight excluding hydrogens is 448 g/mol. The van der Waals surface area contributed by atoms with E-state index in [1.54, 1.807) is 30.3 Å². The smallest absolute Gasteiger partial charge is 0.307 e. The normalized spacial score (nSPS) is 13.6. The van der Waals surface area contributed by atoms with Crippen molar-refractivity contribution in [2.24, 2.45) is 5.92 Å². The Kier molecular flexibility index (Phi) is 11.0. The Morgan fingerprint density at radius 2 is 2.00 bits per heavy atom. The lowest BCUT2D eigenvalue weighted by Gasteiger charge is -2.03. The maximum atomic E-state index is 10.9. The zero-order valence-corrected chi connectivity index (χ0v) is 20.8. The highest BCUT2D eigenvalue weighted by molar-refractivity contribution is 6.32. The zero-order chi connectivity index (χ0) is 24.9. The topological polar surface area (TPSA) is 75.2 Å². The molecule has 4 rings (SSSR count). The molecule has 0 saturated heterocycles. The van der Waals surface area contributed by atoms with Crippen molar-refractivity contribution in [1.29, 1.82) is 0 Å². The van der Waals surface area contributed by atoms with Crippen LogP contribution in [-0.4, -0.2) is 21.0 Å². The minimum Gasteiger partial charge on any atom is -0.481 e. The van der Waals surface area contributed by atoms with E-state index in [4.69, 9.17) is 21.4 Å². The molecule has 1 unspecified atom stereocenters. The van der Waals surface area contributed by atoms with E-state index in [1.807, 2.05) is 32.1 Å². The zero-order valence-electron chi connectivity index (χ0n) is 20.1. The predicted molar refractivity (Wildman–Crippen MR) is 140 cm³/mol. The summed E-state index contributed by atoms with van der Waals surface area (Å²) in [6.45, 7) is 8.25. The van der Waals surface area contributed by atoms with Gasteiger partial charge in [0.05, 0.1) is 22.5 Å². The molecular formula is C28H31ClN2O3. The summed E-state index contributed by atoms with van der Waals surface area (Å²) in [6, 6.07) is 10.8. The van der Waals surface area contributed by atoms with Gasteiger partial charge in [0.1, 0.15) is 5.75 Å². The lowest BCUT2D eigenvalue weighted by Crippen LogP contribution is -1.99. The van der Waals surface area contributed by atoms with E-state index in [2.05, 4.69) is 47.8 Å². The van der Waals surface area contributed by atoms with E-state index in [9.17, 15) is 4.79 Å². The monoisotopic (exact) mass is 478 g/mol.